The van der Waals surface area contributed by atoms with Crippen molar-refractivity contribution in [1.82, 2.24) is 4.98 Å². The lowest BCUT2D eigenvalue weighted by Gasteiger charge is -2.24. The number of benzene rings is 1. The van der Waals surface area contributed by atoms with E-state index >= 15 is 0 Å². The maximum Gasteiger partial charge on any atom is 0.0836 e. The highest BCUT2D eigenvalue weighted by atomic mass is 14.9. The van der Waals surface area contributed by atoms with Gasteiger partial charge < -0.3 is 4.98 Å². The average Bonchev–Trinajstić information content (AvgIpc) is 2.94. The first-order valence-electron chi connectivity index (χ1n) is 7.50. The third kappa shape index (κ3) is 2.58. The number of nitrogens with zero attached hydrogens (tertiary/aromatic N) is 1. The Hall–Kier alpha value is -2.09. The molecule has 0 fully saturated rings. The number of H-pyrrole nitrogens is 1. The average molecular weight is 278 g/mol. The van der Waals surface area contributed by atoms with Gasteiger partial charge in [0.2, 0.25) is 0 Å². The van der Waals surface area contributed by atoms with Crippen molar-refractivity contribution in [2.45, 2.75) is 39.7 Å². The fourth-order valence-corrected chi connectivity index (χ4v) is 3.35. The number of aromatic nitrogens is 1. The number of aromatic amines is 1. The van der Waals surface area contributed by atoms with Gasteiger partial charge in [-0.3, -0.25) is 4.99 Å². The molecule has 0 saturated carbocycles. The molecule has 0 bridgehead atoms. The normalized spacial score (nSPS) is 19.3. The minimum absolute atomic E-state index is 0.198. The van der Waals surface area contributed by atoms with Crippen LogP contribution in [-0.4, -0.2) is 16.7 Å². The number of rotatable bonds is 3. The predicted molar refractivity (Wildman–Crippen MR) is 89.2 cm³/mol. The highest BCUT2D eigenvalue weighted by molar-refractivity contribution is 5.96. The zero-order chi connectivity index (χ0) is 15.0. The van der Waals surface area contributed by atoms with Gasteiger partial charge in [-0.2, -0.15) is 0 Å². The Kier molecular flexibility index (Phi) is 3.54. The summed E-state index contributed by atoms with van der Waals surface area (Å²) >= 11 is 0. The molecule has 1 aromatic heterocycles. The topological polar surface area (TPSA) is 28.1 Å². The molecule has 1 aliphatic rings. The van der Waals surface area contributed by atoms with Gasteiger partial charge in [0, 0.05) is 17.1 Å². The molecule has 1 N–H and O–H groups in total. The largest absolute Gasteiger partial charge is 0.362 e. The van der Waals surface area contributed by atoms with E-state index in [1.807, 2.05) is 0 Å². The fraction of sp³-hybridized carbons (Fsp3) is 0.316. The standard InChI is InChI=1S/C19H22N2/c1-12-10-14(3)20-18(12)17(16-8-6-5-7-9-16)19-13(2)11-15(4)21-19/h5-11,17-18,21H,1-4H3. The minimum atomic E-state index is 0.198. The van der Waals surface area contributed by atoms with Crippen LogP contribution in [0.25, 0.3) is 0 Å². The number of aryl methyl sites for hydroxylation is 2. The van der Waals surface area contributed by atoms with Gasteiger partial charge in [0.25, 0.3) is 0 Å². The summed E-state index contributed by atoms with van der Waals surface area (Å²) in [5, 5.41) is 0. The molecule has 2 aromatic rings. The van der Waals surface area contributed by atoms with Crippen LogP contribution in [-0.2, 0) is 0 Å². The molecule has 0 spiro atoms. The molecule has 0 saturated heterocycles. The molecule has 2 unspecified atom stereocenters. The van der Waals surface area contributed by atoms with Crippen LogP contribution in [0.5, 0.6) is 0 Å². The molecule has 0 radical (unpaired) electrons. The SMILES string of the molecule is CC1=CC(C)=NC1C(c1ccccc1)c1[nH]c(C)cc1C. The van der Waals surface area contributed by atoms with E-state index < -0.39 is 0 Å². The molecule has 2 heteroatoms. The van der Waals surface area contributed by atoms with Crippen molar-refractivity contribution in [3.05, 3.63) is 70.6 Å². The van der Waals surface area contributed by atoms with E-state index in [1.165, 1.54) is 28.1 Å². The van der Waals surface area contributed by atoms with Crippen molar-refractivity contribution in [1.29, 1.82) is 0 Å². The third-order valence-corrected chi connectivity index (χ3v) is 4.22. The minimum Gasteiger partial charge on any atom is -0.362 e. The highest BCUT2D eigenvalue weighted by Crippen LogP contribution is 2.36. The van der Waals surface area contributed by atoms with Gasteiger partial charge in [0.05, 0.1) is 12.0 Å². The van der Waals surface area contributed by atoms with Crippen molar-refractivity contribution in [3.63, 3.8) is 0 Å². The maximum absolute atomic E-state index is 4.88. The first-order valence-corrected chi connectivity index (χ1v) is 7.50. The van der Waals surface area contributed by atoms with Crippen LogP contribution in [0.2, 0.25) is 0 Å². The summed E-state index contributed by atoms with van der Waals surface area (Å²) in [6.45, 7) is 8.56. The Bertz CT molecular complexity index is 704. The highest BCUT2D eigenvalue weighted by Gasteiger charge is 2.30. The zero-order valence-corrected chi connectivity index (χ0v) is 13.1. The third-order valence-electron chi connectivity index (χ3n) is 4.22. The van der Waals surface area contributed by atoms with E-state index in [0.29, 0.717) is 0 Å². The molecule has 1 aliphatic heterocycles. The van der Waals surface area contributed by atoms with Crippen molar-refractivity contribution in [3.8, 4) is 0 Å². The van der Waals surface area contributed by atoms with Crippen molar-refractivity contribution < 1.29 is 0 Å². The second-order valence-corrected chi connectivity index (χ2v) is 6.04. The Morgan fingerprint density at radius 3 is 2.29 bits per heavy atom. The summed E-state index contributed by atoms with van der Waals surface area (Å²) in [5.41, 5.74) is 7.60. The first kappa shape index (κ1) is 13.9. The number of aliphatic imine (C=N–C) groups is 1. The second-order valence-electron chi connectivity index (χ2n) is 6.04. The van der Waals surface area contributed by atoms with Gasteiger partial charge in [0.15, 0.2) is 0 Å². The molecule has 2 atom stereocenters. The summed E-state index contributed by atoms with van der Waals surface area (Å²) in [4.78, 5) is 8.44. The number of hydrogen-bond acceptors (Lipinski definition) is 1. The van der Waals surface area contributed by atoms with Crippen LogP contribution in [0.15, 0.2) is 53.0 Å². The molecule has 108 valence electrons. The molecule has 0 amide bonds. The Balaban J connectivity index is 2.13. The van der Waals surface area contributed by atoms with E-state index in [2.05, 4.69) is 75.2 Å². The van der Waals surface area contributed by atoms with Gasteiger partial charge in [-0.05, 0) is 56.5 Å². The molecule has 21 heavy (non-hydrogen) atoms. The number of hydrogen-bond donors (Lipinski definition) is 1. The predicted octanol–water partition coefficient (Wildman–Crippen LogP) is 4.55. The Morgan fingerprint density at radius 1 is 1.05 bits per heavy atom. The molecule has 0 aliphatic carbocycles. The van der Waals surface area contributed by atoms with E-state index in [9.17, 15) is 0 Å². The Morgan fingerprint density at radius 2 is 1.76 bits per heavy atom. The van der Waals surface area contributed by atoms with E-state index in [-0.39, 0.29) is 12.0 Å². The maximum atomic E-state index is 4.88. The van der Waals surface area contributed by atoms with Gasteiger partial charge in [0.1, 0.15) is 0 Å². The summed E-state index contributed by atoms with van der Waals surface area (Å²) in [7, 11) is 0. The van der Waals surface area contributed by atoms with Crippen LogP contribution >= 0.6 is 0 Å². The summed E-state index contributed by atoms with van der Waals surface area (Å²) in [5.74, 6) is 0.258. The number of allylic oxidation sites excluding steroid dienone is 1. The lowest BCUT2D eigenvalue weighted by Crippen LogP contribution is -2.19. The smallest absolute Gasteiger partial charge is 0.0836 e. The van der Waals surface area contributed by atoms with Gasteiger partial charge in [-0.25, -0.2) is 0 Å². The molecule has 2 nitrogen and oxygen atoms in total. The second kappa shape index (κ2) is 5.36. The molecule has 1 aromatic carbocycles. The first-order chi connectivity index (χ1) is 10.1. The van der Waals surface area contributed by atoms with Gasteiger partial charge in [-0.1, -0.05) is 30.3 Å². The van der Waals surface area contributed by atoms with Crippen LogP contribution in [0.3, 0.4) is 0 Å². The molecular formula is C19H22N2. The lowest BCUT2D eigenvalue weighted by molar-refractivity contribution is 0.662. The van der Waals surface area contributed by atoms with Crippen LogP contribution in [0.1, 0.15) is 42.3 Å². The van der Waals surface area contributed by atoms with E-state index in [1.54, 1.807) is 0 Å². The lowest BCUT2D eigenvalue weighted by atomic mass is 9.84. The van der Waals surface area contributed by atoms with E-state index in [0.717, 1.165) is 5.71 Å². The summed E-state index contributed by atoms with van der Waals surface area (Å²) in [6.07, 6.45) is 2.20. The summed E-state index contributed by atoms with van der Waals surface area (Å²) in [6, 6.07) is 13.1. The van der Waals surface area contributed by atoms with Crippen LogP contribution < -0.4 is 0 Å². The van der Waals surface area contributed by atoms with Crippen molar-refractivity contribution in [2.75, 3.05) is 0 Å². The van der Waals surface area contributed by atoms with Crippen LogP contribution in [0.4, 0.5) is 0 Å². The zero-order valence-electron chi connectivity index (χ0n) is 13.1. The molecular weight excluding hydrogens is 256 g/mol. The van der Waals surface area contributed by atoms with Gasteiger partial charge in [-0.15, -0.1) is 0 Å². The van der Waals surface area contributed by atoms with Crippen LogP contribution in [0, 0.1) is 13.8 Å². The van der Waals surface area contributed by atoms with Crippen molar-refractivity contribution >= 4 is 5.71 Å². The fourth-order valence-electron chi connectivity index (χ4n) is 3.35. The summed E-state index contributed by atoms with van der Waals surface area (Å²) < 4.78 is 0. The molecule has 3 rings (SSSR count). The van der Waals surface area contributed by atoms with E-state index in [4.69, 9.17) is 4.99 Å². The molecule has 2 heterocycles. The quantitative estimate of drug-likeness (QED) is 0.853. The monoisotopic (exact) mass is 278 g/mol. The Labute approximate surface area is 126 Å². The number of nitrogens with one attached hydrogen (secondary N) is 1. The van der Waals surface area contributed by atoms with Gasteiger partial charge >= 0.3 is 0 Å². The van der Waals surface area contributed by atoms with Crippen molar-refractivity contribution in [2.24, 2.45) is 4.99 Å².